The van der Waals surface area contributed by atoms with Crippen molar-refractivity contribution >= 4 is 35.5 Å². The first kappa shape index (κ1) is 12.8. The number of phenols is 2. The molecule has 0 bridgehead atoms. The molecule has 0 atom stereocenters. The fourth-order valence-electron chi connectivity index (χ4n) is 0.753. The van der Waals surface area contributed by atoms with Crippen molar-refractivity contribution in [1.82, 2.24) is 0 Å². The topological polar surface area (TPSA) is 77.8 Å². The van der Waals surface area contributed by atoms with Gasteiger partial charge in [0, 0.05) is 35.5 Å². The van der Waals surface area contributed by atoms with Gasteiger partial charge >= 0.3 is 5.97 Å². The quantitative estimate of drug-likeness (QED) is 0.317. The summed E-state index contributed by atoms with van der Waals surface area (Å²) in [7, 11) is 0. The van der Waals surface area contributed by atoms with E-state index in [1.54, 1.807) is 0 Å². The van der Waals surface area contributed by atoms with E-state index in [-0.39, 0.29) is 40.9 Å². The summed E-state index contributed by atoms with van der Waals surface area (Å²) in [5, 5.41) is 26.4. The maximum atomic E-state index is 10.1. The SMILES string of the molecule is O=C(O)C#Cc1cccc(O)c1O.[Na]. The van der Waals surface area contributed by atoms with Crippen LogP contribution in [0, 0.1) is 11.8 Å². The van der Waals surface area contributed by atoms with Crippen LogP contribution in [0.25, 0.3) is 0 Å². The van der Waals surface area contributed by atoms with E-state index in [4.69, 9.17) is 15.3 Å². The number of rotatable bonds is 0. The third kappa shape index (κ3) is 3.30. The largest absolute Gasteiger partial charge is 0.504 e. The fourth-order valence-corrected chi connectivity index (χ4v) is 0.753. The average molecular weight is 201 g/mol. The van der Waals surface area contributed by atoms with Gasteiger partial charge in [-0.1, -0.05) is 12.0 Å². The number of carboxylic acids is 1. The normalized spacial score (nSPS) is 8.00. The van der Waals surface area contributed by atoms with Crippen molar-refractivity contribution < 1.29 is 20.1 Å². The van der Waals surface area contributed by atoms with Crippen LogP contribution in [0.5, 0.6) is 11.5 Å². The Labute approximate surface area is 102 Å². The van der Waals surface area contributed by atoms with E-state index in [1.165, 1.54) is 18.2 Å². The first-order valence-electron chi connectivity index (χ1n) is 3.37. The molecular formula is C9H6NaO4. The molecule has 3 N–H and O–H groups in total. The Morgan fingerprint density at radius 1 is 1.29 bits per heavy atom. The molecule has 0 saturated heterocycles. The number of phenolic OH excluding ortho intramolecular Hbond substituents is 2. The second-order valence-corrected chi connectivity index (χ2v) is 2.23. The second-order valence-electron chi connectivity index (χ2n) is 2.23. The third-order valence-corrected chi connectivity index (χ3v) is 1.32. The Kier molecular flexibility index (Phi) is 5.10. The minimum absolute atomic E-state index is 0. The minimum atomic E-state index is -1.29. The number of aliphatic carboxylic acids is 1. The van der Waals surface area contributed by atoms with Crippen LogP contribution in [0.4, 0.5) is 0 Å². The van der Waals surface area contributed by atoms with E-state index in [9.17, 15) is 4.79 Å². The molecule has 0 unspecified atom stereocenters. The van der Waals surface area contributed by atoms with Crippen molar-refractivity contribution in [3.63, 3.8) is 0 Å². The van der Waals surface area contributed by atoms with Crippen LogP contribution in [0.3, 0.4) is 0 Å². The Morgan fingerprint density at radius 3 is 2.50 bits per heavy atom. The Hall–Kier alpha value is -1.15. The van der Waals surface area contributed by atoms with Gasteiger partial charge in [-0.2, -0.15) is 0 Å². The third-order valence-electron chi connectivity index (χ3n) is 1.32. The zero-order valence-electron chi connectivity index (χ0n) is 7.48. The molecule has 0 aliphatic carbocycles. The van der Waals surface area contributed by atoms with Crippen LogP contribution >= 0.6 is 0 Å². The molecule has 5 heteroatoms. The molecule has 0 amide bonds. The molecule has 0 spiro atoms. The molecule has 0 saturated carbocycles. The standard InChI is InChI=1S/C9H6O4.Na/c10-7-3-1-2-6(9(7)13)4-5-8(11)12;/h1-3,10,13H,(H,11,12);. The summed E-state index contributed by atoms with van der Waals surface area (Å²) < 4.78 is 0. The number of hydrogen-bond acceptors (Lipinski definition) is 3. The van der Waals surface area contributed by atoms with Gasteiger partial charge in [-0.25, -0.2) is 4.79 Å². The minimum Gasteiger partial charge on any atom is -0.504 e. The van der Waals surface area contributed by atoms with Gasteiger partial charge < -0.3 is 15.3 Å². The number of carboxylic acid groups (broad SMARTS) is 1. The molecule has 0 aliphatic rings. The van der Waals surface area contributed by atoms with E-state index in [2.05, 4.69) is 5.92 Å². The second kappa shape index (κ2) is 5.55. The van der Waals surface area contributed by atoms with E-state index in [0.717, 1.165) is 0 Å². The number of para-hydroxylation sites is 1. The van der Waals surface area contributed by atoms with Crippen LogP contribution in [-0.4, -0.2) is 50.8 Å². The number of carbonyl (C=O) groups is 1. The summed E-state index contributed by atoms with van der Waals surface area (Å²) in [5.41, 5.74) is 0.0856. The first-order chi connectivity index (χ1) is 6.11. The molecule has 0 aromatic heterocycles. The van der Waals surface area contributed by atoms with E-state index in [1.807, 2.05) is 5.92 Å². The summed E-state index contributed by atoms with van der Waals surface area (Å²) in [5.74, 6) is 2.00. The van der Waals surface area contributed by atoms with Crippen LogP contribution in [-0.2, 0) is 4.79 Å². The number of hydrogen-bond donors (Lipinski definition) is 3. The fraction of sp³-hybridized carbons (Fsp3) is 0. The average Bonchev–Trinajstić information content (AvgIpc) is 2.07. The summed E-state index contributed by atoms with van der Waals surface area (Å²) in [6.07, 6.45) is 0. The maximum absolute atomic E-state index is 10.1. The van der Waals surface area contributed by atoms with Crippen molar-refractivity contribution in [1.29, 1.82) is 0 Å². The molecule has 14 heavy (non-hydrogen) atoms. The van der Waals surface area contributed by atoms with Gasteiger partial charge in [0.25, 0.3) is 0 Å². The molecule has 67 valence electrons. The van der Waals surface area contributed by atoms with Gasteiger partial charge in [-0.05, 0) is 12.1 Å². The Morgan fingerprint density at radius 2 is 1.93 bits per heavy atom. The van der Waals surface area contributed by atoms with Crippen molar-refractivity contribution in [2.75, 3.05) is 0 Å². The number of aromatic hydroxyl groups is 2. The van der Waals surface area contributed by atoms with E-state index < -0.39 is 11.7 Å². The summed E-state index contributed by atoms with van der Waals surface area (Å²) in [4.78, 5) is 10.1. The van der Waals surface area contributed by atoms with Crippen molar-refractivity contribution in [3.05, 3.63) is 23.8 Å². The van der Waals surface area contributed by atoms with Gasteiger partial charge in [0.2, 0.25) is 0 Å². The first-order valence-corrected chi connectivity index (χ1v) is 3.37. The molecule has 0 aliphatic heterocycles. The maximum Gasteiger partial charge on any atom is 0.382 e. The zero-order chi connectivity index (χ0) is 9.84. The molecule has 1 rings (SSSR count). The van der Waals surface area contributed by atoms with Crippen LogP contribution in [0.1, 0.15) is 5.56 Å². The Bertz CT molecular complexity index is 403. The number of benzene rings is 1. The van der Waals surface area contributed by atoms with Gasteiger partial charge in [-0.3, -0.25) is 0 Å². The van der Waals surface area contributed by atoms with Gasteiger partial charge in [0.15, 0.2) is 11.5 Å². The predicted octanol–water partition coefficient (Wildman–Crippen LogP) is 0.153. The molecule has 0 heterocycles. The predicted molar refractivity (Wildman–Crippen MR) is 50.0 cm³/mol. The molecular weight excluding hydrogens is 195 g/mol. The molecule has 1 radical (unpaired) electrons. The van der Waals surface area contributed by atoms with E-state index >= 15 is 0 Å². The van der Waals surface area contributed by atoms with Gasteiger partial charge in [-0.15, -0.1) is 0 Å². The van der Waals surface area contributed by atoms with Crippen LogP contribution in [0.15, 0.2) is 18.2 Å². The van der Waals surface area contributed by atoms with Crippen molar-refractivity contribution in [2.45, 2.75) is 0 Å². The van der Waals surface area contributed by atoms with Crippen molar-refractivity contribution in [3.8, 4) is 23.3 Å². The summed E-state index contributed by atoms with van der Waals surface area (Å²) in [6.45, 7) is 0. The van der Waals surface area contributed by atoms with Crippen LogP contribution < -0.4 is 0 Å². The summed E-state index contributed by atoms with van der Waals surface area (Å²) >= 11 is 0. The smallest absolute Gasteiger partial charge is 0.382 e. The zero-order valence-corrected chi connectivity index (χ0v) is 9.48. The summed E-state index contributed by atoms with van der Waals surface area (Å²) in [6, 6.07) is 4.15. The molecule has 1 aromatic rings. The van der Waals surface area contributed by atoms with Crippen molar-refractivity contribution in [2.24, 2.45) is 0 Å². The van der Waals surface area contributed by atoms with E-state index in [0.29, 0.717) is 0 Å². The Balaban J connectivity index is 0.00000169. The van der Waals surface area contributed by atoms with Crippen LogP contribution in [0.2, 0.25) is 0 Å². The monoisotopic (exact) mass is 201 g/mol. The molecule has 0 fully saturated rings. The molecule has 4 nitrogen and oxygen atoms in total. The van der Waals surface area contributed by atoms with Gasteiger partial charge in [0.05, 0.1) is 5.56 Å². The molecule has 1 aromatic carbocycles. The van der Waals surface area contributed by atoms with Gasteiger partial charge in [0.1, 0.15) is 0 Å².